The van der Waals surface area contributed by atoms with Gasteiger partial charge in [-0.15, -0.1) is 11.3 Å². The van der Waals surface area contributed by atoms with Crippen LogP contribution >= 0.6 is 11.3 Å². The SMILES string of the molecule is CN=C(NCc1ccc(N2CCNC(=O)C2)cc1)NCc1cccs1. The molecule has 1 aliphatic heterocycles. The lowest BCUT2D eigenvalue weighted by Crippen LogP contribution is -2.47. The van der Waals surface area contributed by atoms with Crippen molar-refractivity contribution in [3.63, 3.8) is 0 Å². The van der Waals surface area contributed by atoms with Gasteiger partial charge in [0.2, 0.25) is 5.91 Å². The molecule has 3 N–H and O–H groups in total. The van der Waals surface area contributed by atoms with Crippen LogP contribution in [-0.2, 0) is 17.9 Å². The van der Waals surface area contributed by atoms with E-state index in [1.807, 2.05) is 6.07 Å². The lowest BCUT2D eigenvalue weighted by Gasteiger charge is -2.28. The molecule has 3 rings (SSSR count). The van der Waals surface area contributed by atoms with Gasteiger partial charge >= 0.3 is 0 Å². The summed E-state index contributed by atoms with van der Waals surface area (Å²) in [7, 11) is 1.77. The minimum absolute atomic E-state index is 0.0811. The normalized spacial score (nSPS) is 15.0. The molecular formula is C18H23N5OS. The molecule has 0 atom stereocenters. The predicted octanol–water partition coefficient (Wildman–Crippen LogP) is 1.55. The van der Waals surface area contributed by atoms with Crippen molar-refractivity contribution in [2.75, 3.05) is 31.6 Å². The third-order valence-corrected chi connectivity index (χ3v) is 4.91. The Morgan fingerprint density at radius 3 is 2.72 bits per heavy atom. The maximum absolute atomic E-state index is 11.5. The minimum Gasteiger partial charge on any atom is -0.360 e. The molecular weight excluding hydrogens is 334 g/mol. The summed E-state index contributed by atoms with van der Waals surface area (Å²) in [5.74, 6) is 0.864. The second kappa shape index (κ2) is 8.53. The van der Waals surface area contributed by atoms with Gasteiger partial charge in [0.1, 0.15) is 0 Å². The van der Waals surface area contributed by atoms with Crippen LogP contribution in [0.5, 0.6) is 0 Å². The van der Waals surface area contributed by atoms with Crippen LogP contribution in [0.25, 0.3) is 0 Å². The fraction of sp³-hybridized carbons (Fsp3) is 0.333. The molecule has 6 nitrogen and oxygen atoms in total. The second-order valence-electron chi connectivity index (χ2n) is 5.80. The van der Waals surface area contributed by atoms with Gasteiger partial charge in [-0.1, -0.05) is 18.2 Å². The summed E-state index contributed by atoms with van der Waals surface area (Å²) in [5.41, 5.74) is 2.25. The van der Waals surface area contributed by atoms with Gasteiger partial charge in [0.25, 0.3) is 0 Å². The van der Waals surface area contributed by atoms with Crippen LogP contribution in [0.3, 0.4) is 0 Å². The van der Waals surface area contributed by atoms with Gasteiger partial charge in [0.05, 0.1) is 13.1 Å². The van der Waals surface area contributed by atoms with E-state index in [0.717, 1.165) is 24.7 Å². The summed E-state index contributed by atoms with van der Waals surface area (Å²) in [6, 6.07) is 12.5. The van der Waals surface area contributed by atoms with Crippen molar-refractivity contribution in [3.8, 4) is 0 Å². The van der Waals surface area contributed by atoms with Crippen LogP contribution in [0.2, 0.25) is 0 Å². The first-order valence-corrected chi connectivity index (χ1v) is 9.20. The third-order valence-electron chi connectivity index (χ3n) is 4.03. The third kappa shape index (κ3) is 4.96. The van der Waals surface area contributed by atoms with E-state index in [0.29, 0.717) is 19.6 Å². The van der Waals surface area contributed by atoms with Crippen molar-refractivity contribution in [2.24, 2.45) is 4.99 Å². The number of hydrogen-bond acceptors (Lipinski definition) is 4. The van der Waals surface area contributed by atoms with Gasteiger partial charge in [-0.25, -0.2) is 0 Å². The number of rotatable bonds is 5. The van der Waals surface area contributed by atoms with Crippen LogP contribution in [0.1, 0.15) is 10.4 Å². The van der Waals surface area contributed by atoms with Gasteiger partial charge in [-0.2, -0.15) is 0 Å². The van der Waals surface area contributed by atoms with Crippen molar-refractivity contribution < 1.29 is 4.79 Å². The number of anilines is 1. The zero-order valence-electron chi connectivity index (χ0n) is 14.3. The van der Waals surface area contributed by atoms with Crippen LogP contribution in [0.4, 0.5) is 5.69 Å². The molecule has 25 heavy (non-hydrogen) atoms. The highest BCUT2D eigenvalue weighted by atomic mass is 32.1. The molecule has 7 heteroatoms. The van der Waals surface area contributed by atoms with E-state index >= 15 is 0 Å². The van der Waals surface area contributed by atoms with E-state index in [1.54, 1.807) is 18.4 Å². The van der Waals surface area contributed by atoms with E-state index in [-0.39, 0.29) is 5.91 Å². The number of nitrogens with zero attached hydrogens (tertiary/aromatic N) is 2. The number of guanidine groups is 1. The van der Waals surface area contributed by atoms with E-state index in [9.17, 15) is 4.79 Å². The Labute approximate surface area is 152 Å². The lowest BCUT2D eigenvalue weighted by atomic mass is 10.2. The van der Waals surface area contributed by atoms with Crippen molar-refractivity contribution in [3.05, 3.63) is 52.2 Å². The van der Waals surface area contributed by atoms with Crippen LogP contribution in [0, 0.1) is 0 Å². The molecule has 0 radical (unpaired) electrons. The highest BCUT2D eigenvalue weighted by Gasteiger charge is 2.16. The zero-order valence-corrected chi connectivity index (χ0v) is 15.1. The molecule has 2 heterocycles. The molecule has 0 spiro atoms. The quantitative estimate of drug-likeness (QED) is 0.561. The molecule has 1 saturated heterocycles. The average Bonchev–Trinajstić information content (AvgIpc) is 3.16. The fourth-order valence-electron chi connectivity index (χ4n) is 2.67. The lowest BCUT2D eigenvalue weighted by molar-refractivity contribution is -0.120. The van der Waals surface area contributed by atoms with Gasteiger partial charge in [0, 0.05) is 37.2 Å². The maximum atomic E-state index is 11.5. The molecule has 0 aliphatic carbocycles. The number of carbonyl (C=O) groups excluding carboxylic acids is 1. The fourth-order valence-corrected chi connectivity index (χ4v) is 3.32. The number of thiophene rings is 1. The standard InChI is InChI=1S/C18H23N5OS/c1-19-18(22-12-16-3-2-10-25-16)21-11-14-4-6-15(7-5-14)23-9-8-20-17(24)13-23/h2-7,10H,8-9,11-13H2,1H3,(H,20,24)(H2,19,21,22). The summed E-state index contributed by atoms with van der Waals surface area (Å²) in [5, 5.41) is 11.5. The smallest absolute Gasteiger partial charge is 0.239 e. The molecule has 1 aromatic carbocycles. The summed E-state index contributed by atoms with van der Waals surface area (Å²) in [4.78, 5) is 19.1. The monoisotopic (exact) mass is 357 g/mol. The van der Waals surface area contributed by atoms with Gasteiger partial charge in [-0.3, -0.25) is 9.79 Å². The highest BCUT2D eigenvalue weighted by molar-refractivity contribution is 7.09. The first-order chi connectivity index (χ1) is 12.2. The van der Waals surface area contributed by atoms with Gasteiger partial charge in [0.15, 0.2) is 5.96 Å². The van der Waals surface area contributed by atoms with Crippen LogP contribution < -0.4 is 20.9 Å². The van der Waals surface area contributed by atoms with Crippen molar-refractivity contribution in [1.82, 2.24) is 16.0 Å². The summed E-state index contributed by atoms with van der Waals surface area (Å²) in [6.07, 6.45) is 0. The van der Waals surface area contributed by atoms with Crippen LogP contribution in [-0.4, -0.2) is 38.5 Å². The Balaban J connectivity index is 1.49. The summed E-state index contributed by atoms with van der Waals surface area (Å²) < 4.78 is 0. The number of amides is 1. The summed E-state index contributed by atoms with van der Waals surface area (Å²) in [6.45, 7) is 3.45. The molecule has 0 bridgehead atoms. The number of carbonyl (C=O) groups is 1. The van der Waals surface area contributed by atoms with Crippen molar-refractivity contribution in [2.45, 2.75) is 13.1 Å². The van der Waals surface area contributed by atoms with Gasteiger partial charge in [-0.05, 0) is 29.1 Å². The van der Waals surface area contributed by atoms with E-state index in [1.165, 1.54) is 10.4 Å². The Hall–Kier alpha value is -2.54. The molecule has 1 aromatic heterocycles. The topological polar surface area (TPSA) is 68.8 Å². The Bertz CT molecular complexity index is 712. The number of aliphatic imine (C=N–C) groups is 1. The highest BCUT2D eigenvalue weighted by Crippen LogP contribution is 2.16. The molecule has 0 saturated carbocycles. The average molecular weight is 357 g/mol. The number of nitrogens with one attached hydrogen (secondary N) is 3. The minimum atomic E-state index is 0.0811. The maximum Gasteiger partial charge on any atom is 0.239 e. The van der Waals surface area contributed by atoms with Crippen LogP contribution in [0.15, 0.2) is 46.8 Å². The number of hydrogen-bond donors (Lipinski definition) is 3. The number of benzene rings is 1. The number of piperazine rings is 1. The van der Waals surface area contributed by atoms with E-state index < -0.39 is 0 Å². The Morgan fingerprint density at radius 1 is 1.24 bits per heavy atom. The first kappa shape index (κ1) is 17.3. The predicted molar refractivity (Wildman–Crippen MR) is 103 cm³/mol. The molecule has 2 aromatic rings. The van der Waals surface area contributed by atoms with Crippen molar-refractivity contribution in [1.29, 1.82) is 0 Å². The van der Waals surface area contributed by atoms with E-state index in [4.69, 9.17) is 0 Å². The molecule has 0 unspecified atom stereocenters. The largest absolute Gasteiger partial charge is 0.360 e. The molecule has 1 fully saturated rings. The summed E-state index contributed by atoms with van der Waals surface area (Å²) >= 11 is 1.73. The Morgan fingerprint density at radius 2 is 2.04 bits per heavy atom. The Kier molecular flexibility index (Phi) is 5.90. The second-order valence-corrected chi connectivity index (χ2v) is 6.83. The van der Waals surface area contributed by atoms with Gasteiger partial charge < -0.3 is 20.9 Å². The molecule has 132 valence electrons. The van der Waals surface area contributed by atoms with E-state index in [2.05, 4.69) is 61.6 Å². The van der Waals surface area contributed by atoms with Crippen molar-refractivity contribution >= 4 is 28.9 Å². The first-order valence-electron chi connectivity index (χ1n) is 8.32. The molecule has 1 aliphatic rings. The molecule has 1 amide bonds. The zero-order chi connectivity index (χ0) is 17.5.